The van der Waals surface area contributed by atoms with Gasteiger partial charge in [0, 0.05) is 0 Å². The average molecular weight is 391 g/mol. The van der Waals surface area contributed by atoms with Gasteiger partial charge < -0.3 is 10.4 Å². The number of nitrogens with one attached hydrogen (secondary N) is 2. The third-order valence-corrected chi connectivity index (χ3v) is 4.14. The summed E-state index contributed by atoms with van der Waals surface area (Å²) in [6.45, 7) is 1.75. The van der Waals surface area contributed by atoms with Gasteiger partial charge in [0.25, 0.3) is 11.8 Å². The van der Waals surface area contributed by atoms with E-state index in [4.69, 9.17) is 0 Å². The van der Waals surface area contributed by atoms with Crippen molar-refractivity contribution in [2.75, 3.05) is 5.32 Å². The second-order valence-corrected chi connectivity index (χ2v) is 6.22. The predicted octanol–water partition coefficient (Wildman–Crippen LogP) is 3.86. The number of phenolic OH excluding ortho intramolecular Hbond substituents is 1. The summed E-state index contributed by atoms with van der Waals surface area (Å²) in [5.41, 5.74) is 4.05. The molecule has 0 saturated heterocycles. The Labute approximate surface area is 166 Å². The molecule has 2 amide bonds. The molecule has 6 nitrogen and oxygen atoms in total. The van der Waals surface area contributed by atoms with Crippen LogP contribution in [0.3, 0.4) is 0 Å². The number of phenols is 1. The van der Waals surface area contributed by atoms with Crippen molar-refractivity contribution in [3.05, 3.63) is 94.8 Å². The van der Waals surface area contributed by atoms with Crippen molar-refractivity contribution in [1.29, 1.82) is 0 Å². The Morgan fingerprint density at radius 1 is 0.966 bits per heavy atom. The van der Waals surface area contributed by atoms with E-state index in [0.717, 1.165) is 0 Å². The minimum absolute atomic E-state index is 0.122. The molecule has 0 fully saturated rings. The van der Waals surface area contributed by atoms with Crippen molar-refractivity contribution >= 4 is 23.7 Å². The summed E-state index contributed by atoms with van der Waals surface area (Å²) >= 11 is 0. The molecule has 3 aromatic carbocycles. The zero-order valence-electron chi connectivity index (χ0n) is 15.5. The van der Waals surface area contributed by atoms with E-state index in [0.29, 0.717) is 11.1 Å². The van der Waals surface area contributed by atoms with Crippen LogP contribution in [0.5, 0.6) is 5.75 Å². The Morgan fingerprint density at radius 2 is 1.66 bits per heavy atom. The molecule has 0 radical (unpaired) electrons. The third kappa shape index (κ3) is 4.84. The number of anilines is 1. The van der Waals surface area contributed by atoms with Gasteiger partial charge in [-0.3, -0.25) is 9.59 Å². The molecule has 0 aliphatic carbocycles. The minimum Gasteiger partial charge on any atom is -0.508 e. The quantitative estimate of drug-likeness (QED) is 0.456. The smallest absolute Gasteiger partial charge is 0.273 e. The number of benzene rings is 3. The van der Waals surface area contributed by atoms with Crippen molar-refractivity contribution < 1.29 is 19.1 Å². The Morgan fingerprint density at radius 3 is 2.38 bits per heavy atom. The van der Waals surface area contributed by atoms with Gasteiger partial charge in [-0.05, 0) is 60.5 Å². The highest BCUT2D eigenvalue weighted by atomic mass is 19.1. The molecule has 3 N–H and O–H groups in total. The van der Waals surface area contributed by atoms with Crippen molar-refractivity contribution in [3.63, 3.8) is 0 Å². The van der Waals surface area contributed by atoms with Crippen LogP contribution in [0.1, 0.15) is 31.8 Å². The summed E-state index contributed by atoms with van der Waals surface area (Å²) in [4.78, 5) is 24.8. The van der Waals surface area contributed by atoms with Crippen molar-refractivity contribution in [1.82, 2.24) is 5.43 Å². The van der Waals surface area contributed by atoms with Crippen molar-refractivity contribution in [3.8, 4) is 5.75 Å². The Bertz CT molecular complexity index is 1100. The maximum absolute atomic E-state index is 13.8. The second kappa shape index (κ2) is 8.79. The van der Waals surface area contributed by atoms with Gasteiger partial charge in [0.2, 0.25) is 0 Å². The lowest BCUT2D eigenvalue weighted by atomic mass is 10.1. The minimum atomic E-state index is -0.661. The number of hydrazone groups is 1. The molecule has 0 bridgehead atoms. The van der Waals surface area contributed by atoms with E-state index in [9.17, 15) is 19.1 Å². The van der Waals surface area contributed by atoms with Gasteiger partial charge in [0.05, 0.1) is 23.0 Å². The molecule has 0 saturated carbocycles. The fourth-order valence-electron chi connectivity index (χ4n) is 2.61. The molecule has 0 aromatic heterocycles. The maximum atomic E-state index is 13.8. The number of hydrogen-bond acceptors (Lipinski definition) is 4. The van der Waals surface area contributed by atoms with Gasteiger partial charge in [0.15, 0.2) is 0 Å². The van der Waals surface area contributed by atoms with Gasteiger partial charge in [-0.15, -0.1) is 0 Å². The number of hydrogen-bond donors (Lipinski definition) is 3. The normalized spacial score (nSPS) is 10.7. The summed E-state index contributed by atoms with van der Waals surface area (Å²) in [6.07, 6.45) is 1.44. The average Bonchev–Trinajstić information content (AvgIpc) is 2.71. The third-order valence-electron chi connectivity index (χ3n) is 4.14. The number of carbonyl (C=O) groups excluding carboxylic acids is 2. The molecule has 7 heteroatoms. The molecule has 0 unspecified atom stereocenters. The van der Waals surface area contributed by atoms with Crippen LogP contribution < -0.4 is 10.7 Å². The number of carbonyl (C=O) groups is 2. The largest absolute Gasteiger partial charge is 0.508 e. The molecule has 0 spiro atoms. The number of aryl methyl sites for hydroxylation is 1. The first-order valence-electron chi connectivity index (χ1n) is 8.73. The summed E-state index contributed by atoms with van der Waals surface area (Å²) in [7, 11) is 0. The van der Waals surface area contributed by atoms with E-state index in [1.54, 1.807) is 43.3 Å². The van der Waals surface area contributed by atoms with Crippen LogP contribution in [-0.4, -0.2) is 23.1 Å². The van der Waals surface area contributed by atoms with E-state index in [2.05, 4.69) is 15.8 Å². The zero-order valence-corrected chi connectivity index (χ0v) is 15.5. The fourth-order valence-corrected chi connectivity index (χ4v) is 2.61. The highest BCUT2D eigenvalue weighted by molar-refractivity contribution is 6.09. The lowest BCUT2D eigenvalue weighted by molar-refractivity contribution is 0.0956. The van der Waals surface area contributed by atoms with E-state index in [1.807, 2.05) is 0 Å². The first kappa shape index (κ1) is 19.8. The lowest BCUT2D eigenvalue weighted by Gasteiger charge is -2.10. The SMILES string of the molecule is Cc1cc(/C=N/NC(=O)c2ccccc2NC(=O)c2ccccc2F)ccc1O. The van der Waals surface area contributed by atoms with Gasteiger partial charge in [0.1, 0.15) is 11.6 Å². The van der Waals surface area contributed by atoms with Crippen LogP contribution in [0.2, 0.25) is 0 Å². The van der Waals surface area contributed by atoms with Gasteiger partial charge in [-0.1, -0.05) is 24.3 Å². The Kier molecular flexibility index (Phi) is 5.99. The number of rotatable bonds is 5. The topological polar surface area (TPSA) is 90.8 Å². The number of amides is 2. The first-order valence-corrected chi connectivity index (χ1v) is 8.73. The first-order chi connectivity index (χ1) is 14.0. The predicted molar refractivity (Wildman–Crippen MR) is 109 cm³/mol. The monoisotopic (exact) mass is 391 g/mol. The molecule has 0 atom stereocenters. The van der Waals surface area contributed by atoms with Crippen LogP contribution in [0.4, 0.5) is 10.1 Å². The summed E-state index contributed by atoms with van der Waals surface area (Å²) in [5.74, 6) is -1.68. The van der Waals surface area contributed by atoms with E-state index in [1.165, 1.54) is 36.5 Å². The molecule has 0 aliphatic heterocycles. The Hall–Kier alpha value is -4.00. The fraction of sp³-hybridized carbons (Fsp3) is 0.0455. The van der Waals surface area contributed by atoms with Crippen LogP contribution in [-0.2, 0) is 0 Å². The van der Waals surface area contributed by atoms with Crippen LogP contribution >= 0.6 is 0 Å². The van der Waals surface area contributed by atoms with Crippen molar-refractivity contribution in [2.24, 2.45) is 5.10 Å². The molecule has 3 aromatic rings. The van der Waals surface area contributed by atoms with Crippen LogP contribution in [0.15, 0.2) is 71.8 Å². The van der Waals surface area contributed by atoms with Crippen LogP contribution in [0, 0.1) is 12.7 Å². The highest BCUT2D eigenvalue weighted by Crippen LogP contribution is 2.18. The summed E-state index contributed by atoms with van der Waals surface area (Å²) in [6, 6.07) is 16.8. The van der Waals surface area contributed by atoms with Gasteiger partial charge in [-0.2, -0.15) is 5.10 Å². The van der Waals surface area contributed by atoms with E-state index >= 15 is 0 Å². The standard InChI is InChI=1S/C22H18FN3O3/c1-14-12-15(10-11-20(14)27)13-24-26-22(29)17-7-3-5-9-19(17)25-21(28)16-6-2-4-8-18(16)23/h2-13,27H,1H3,(H,25,28)(H,26,29)/b24-13+. The lowest BCUT2D eigenvalue weighted by Crippen LogP contribution is -2.21. The summed E-state index contributed by atoms with van der Waals surface area (Å²) < 4.78 is 13.8. The van der Waals surface area contributed by atoms with Crippen LogP contribution in [0.25, 0.3) is 0 Å². The maximum Gasteiger partial charge on any atom is 0.273 e. The number of aromatic hydroxyl groups is 1. The summed E-state index contributed by atoms with van der Waals surface area (Å²) in [5, 5.41) is 16.0. The molecule has 0 heterocycles. The Balaban J connectivity index is 1.73. The van der Waals surface area contributed by atoms with Gasteiger partial charge in [-0.25, -0.2) is 9.82 Å². The molecule has 29 heavy (non-hydrogen) atoms. The molecular formula is C22H18FN3O3. The second-order valence-electron chi connectivity index (χ2n) is 6.22. The molecule has 146 valence electrons. The van der Waals surface area contributed by atoms with Crippen molar-refractivity contribution in [2.45, 2.75) is 6.92 Å². The van der Waals surface area contributed by atoms with E-state index in [-0.39, 0.29) is 22.6 Å². The number of halogens is 1. The molecule has 3 rings (SSSR count). The highest BCUT2D eigenvalue weighted by Gasteiger charge is 2.15. The molecule has 0 aliphatic rings. The molecular weight excluding hydrogens is 373 g/mol. The van der Waals surface area contributed by atoms with Gasteiger partial charge >= 0.3 is 0 Å². The number of para-hydroxylation sites is 1. The number of nitrogens with zero attached hydrogens (tertiary/aromatic N) is 1. The van der Waals surface area contributed by atoms with E-state index < -0.39 is 17.6 Å². The zero-order chi connectivity index (χ0) is 20.8.